The summed E-state index contributed by atoms with van der Waals surface area (Å²) in [6, 6.07) is 12.8. The lowest BCUT2D eigenvalue weighted by molar-refractivity contribution is -0.132. The van der Waals surface area contributed by atoms with E-state index in [1.165, 1.54) is 18.2 Å². The minimum Gasteiger partial charge on any atom is -0.478 e. The van der Waals surface area contributed by atoms with Gasteiger partial charge < -0.3 is 9.84 Å². The molecule has 0 aliphatic carbocycles. The Labute approximate surface area is 152 Å². The van der Waals surface area contributed by atoms with E-state index >= 15 is 0 Å². The average molecular weight is 353 g/mol. The average Bonchev–Trinajstić information content (AvgIpc) is 2.61. The highest BCUT2D eigenvalue weighted by Crippen LogP contribution is 2.22. The van der Waals surface area contributed by atoms with Crippen LogP contribution in [-0.4, -0.2) is 23.8 Å². The molecule has 0 radical (unpaired) electrons. The zero-order valence-electron chi connectivity index (χ0n) is 14.9. The van der Waals surface area contributed by atoms with E-state index in [1.54, 1.807) is 49.5 Å². The van der Waals surface area contributed by atoms with Gasteiger partial charge in [-0.15, -0.1) is 0 Å². The lowest BCUT2D eigenvalue weighted by Crippen LogP contribution is -2.04. The van der Waals surface area contributed by atoms with Crippen molar-refractivity contribution in [3.8, 4) is 11.5 Å². The third-order valence-electron chi connectivity index (χ3n) is 3.42. The molecule has 0 unspecified atom stereocenters. The molecular weight excluding hydrogens is 333 g/mol. The lowest BCUT2D eigenvalue weighted by Gasteiger charge is -2.07. The molecule has 5 heteroatoms. The van der Waals surface area contributed by atoms with Crippen molar-refractivity contribution >= 4 is 11.7 Å². The number of carbonyl (C=O) groups is 1. The van der Waals surface area contributed by atoms with Gasteiger partial charge in [-0.3, -0.25) is 4.99 Å². The number of aliphatic imine (C=N–C) groups is 1. The molecular formula is C21H20FNO3. The summed E-state index contributed by atoms with van der Waals surface area (Å²) in [6.07, 6.45) is 3.13. The van der Waals surface area contributed by atoms with Crippen LogP contribution in [0.2, 0.25) is 0 Å². The van der Waals surface area contributed by atoms with Crippen LogP contribution in [0.1, 0.15) is 19.4 Å². The van der Waals surface area contributed by atoms with Crippen molar-refractivity contribution < 1.29 is 19.0 Å². The van der Waals surface area contributed by atoms with Gasteiger partial charge in [-0.2, -0.15) is 0 Å². The number of rotatable bonds is 6. The summed E-state index contributed by atoms with van der Waals surface area (Å²) in [6.45, 7) is 3.67. The lowest BCUT2D eigenvalue weighted by atomic mass is 10.1. The topological polar surface area (TPSA) is 58.9 Å². The molecule has 26 heavy (non-hydrogen) atoms. The van der Waals surface area contributed by atoms with Crippen molar-refractivity contribution in [1.82, 2.24) is 0 Å². The largest absolute Gasteiger partial charge is 0.478 e. The number of halogens is 1. The zero-order chi connectivity index (χ0) is 19.1. The molecule has 0 atom stereocenters. The molecule has 0 bridgehead atoms. The summed E-state index contributed by atoms with van der Waals surface area (Å²) in [5, 5.41) is 9.33. The van der Waals surface area contributed by atoms with Crippen LogP contribution >= 0.6 is 0 Å². The number of hydrogen-bond donors (Lipinski definition) is 1. The van der Waals surface area contributed by atoms with Gasteiger partial charge in [0.1, 0.15) is 17.3 Å². The van der Waals surface area contributed by atoms with Gasteiger partial charge >= 0.3 is 5.97 Å². The van der Waals surface area contributed by atoms with Crippen molar-refractivity contribution in [2.45, 2.75) is 13.8 Å². The van der Waals surface area contributed by atoms with Gasteiger partial charge in [0.25, 0.3) is 0 Å². The Morgan fingerprint density at radius 3 is 2.00 bits per heavy atom. The van der Waals surface area contributed by atoms with Crippen molar-refractivity contribution in [3.63, 3.8) is 0 Å². The fourth-order valence-electron chi connectivity index (χ4n) is 2.23. The molecule has 2 aromatic carbocycles. The summed E-state index contributed by atoms with van der Waals surface area (Å²) < 4.78 is 18.6. The molecule has 0 heterocycles. The zero-order valence-corrected chi connectivity index (χ0v) is 14.9. The Morgan fingerprint density at radius 1 is 1.00 bits per heavy atom. The molecule has 0 spiro atoms. The minimum absolute atomic E-state index is 0.164. The number of hydrogen-bond acceptors (Lipinski definition) is 3. The maximum absolute atomic E-state index is 12.9. The van der Waals surface area contributed by atoms with E-state index in [0.29, 0.717) is 17.2 Å². The molecule has 0 saturated carbocycles. The smallest absolute Gasteiger partial charge is 0.335 e. The van der Waals surface area contributed by atoms with Crippen molar-refractivity contribution in [2.24, 2.45) is 4.99 Å². The van der Waals surface area contributed by atoms with E-state index in [1.807, 2.05) is 13.8 Å². The molecule has 0 aliphatic rings. The van der Waals surface area contributed by atoms with Crippen LogP contribution in [0, 0.1) is 5.82 Å². The number of nitrogens with zero attached hydrogens (tertiary/aromatic N) is 1. The Hall–Kier alpha value is -3.21. The van der Waals surface area contributed by atoms with Crippen molar-refractivity contribution in [3.05, 3.63) is 83.2 Å². The Bertz CT molecular complexity index is 859. The third kappa shape index (κ3) is 5.41. The second-order valence-electron chi connectivity index (χ2n) is 5.82. The molecule has 134 valence electrons. The van der Waals surface area contributed by atoms with E-state index < -0.39 is 5.97 Å². The van der Waals surface area contributed by atoms with Gasteiger partial charge in [0.05, 0.1) is 11.3 Å². The standard InChI is InChI=1S/C21H20FNO3/c1-14(2)12-16(21(24)25)13-20(23-3)15-4-8-18(9-5-15)26-19-10-6-17(22)7-11-19/h4-13H,1-3H3,(H,24,25)/b16-13+,23-20?. The minimum atomic E-state index is -1.01. The van der Waals surface area contributed by atoms with Crippen LogP contribution in [-0.2, 0) is 4.79 Å². The maximum atomic E-state index is 12.9. The Balaban J connectivity index is 2.23. The first kappa shape index (κ1) is 19.1. The van der Waals surface area contributed by atoms with Crippen LogP contribution in [0.5, 0.6) is 11.5 Å². The van der Waals surface area contributed by atoms with Gasteiger partial charge in [0.2, 0.25) is 0 Å². The number of ether oxygens (including phenoxy) is 1. The number of allylic oxidation sites excluding steroid dienone is 2. The quantitative estimate of drug-likeness (QED) is 0.451. The van der Waals surface area contributed by atoms with Gasteiger partial charge in [-0.1, -0.05) is 5.57 Å². The fourth-order valence-corrected chi connectivity index (χ4v) is 2.23. The summed E-state index contributed by atoms with van der Waals surface area (Å²) in [4.78, 5) is 15.6. The van der Waals surface area contributed by atoms with Crippen LogP contribution < -0.4 is 4.74 Å². The SMILES string of the molecule is CN=C(/C=C(\C=C(C)C)C(=O)O)c1ccc(Oc2ccc(F)cc2)cc1. The Kier molecular flexibility index (Phi) is 6.44. The second kappa shape index (κ2) is 8.76. The maximum Gasteiger partial charge on any atom is 0.335 e. The highest BCUT2D eigenvalue weighted by Gasteiger charge is 2.08. The van der Waals surface area contributed by atoms with E-state index in [2.05, 4.69) is 4.99 Å². The molecule has 0 aromatic heterocycles. The highest BCUT2D eigenvalue weighted by molar-refractivity contribution is 6.12. The normalized spacial score (nSPS) is 11.8. The molecule has 0 saturated heterocycles. The number of benzene rings is 2. The fraction of sp³-hybridized carbons (Fsp3) is 0.143. The molecule has 0 fully saturated rings. The Morgan fingerprint density at radius 2 is 1.54 bits per heavy atom. The molecule has 1 N–H and O–H groups in total. The van der Waals surface area contributed by atoms with E-state index in [4.69, 9.17) is 4.74 Å². The van der Waals surface area contributed by atoms with Gasteiger partial charge in [-0.05, 0) is 80.1 Å². The number of carboxylic acids is 1. The van der Waals surface area contributed by atoms with Gasteiger partial charge in [-0.25, -0.2) is 9.18 Å². The summed E-state index contributed by atoms with van der Waals surface area (Å²) >= 11 is 0. The monoisotopic (exact) mass is 353 g/mol. The van der Waals surface area contributed by atoms with Crippen LogP contribution in [0.3, 0.4) is 0 Å². The van der Waals surface area contributed by atoms with Crippen molar-refractivity contribution in [1.29, 1.82) is 0 Å². The van der Waals surface area contributed by atoms with Gasteiger partial charge in [0.15, 0.2) is 0 Å². The summed E-state index contributed by atoms with van der Waals surface area (Å²) in [5.74, 6) is -0.222. The van der Waals surface area contributed by atoms with Crippen LogP contribution in [0.25, 0.3) is 0 Å². The molecule has 0 aliphatic heterocycles. The molecule has 2 rings (SSSR count). The van der Waals surface area contributed by atoms with Crippen LogP contribution in [0.15, 0.2) is 76.8 Å². The molecule has 2 aromatic rings. The van der Waals surface area contributed by atoms with Crippen LogP contribution in [0.4, 0.5) is 4.39 Å². The van der Waals surface area contributed by atoms with Crippen molar-refractivity contribution in [2.75, 3.05) is 7.05 Å². The van der Waals surface area contributed by atoms with E-state index in [-0.39, 0.29) is 11.4 Å². The first-order valence-corrected chi connectivity index (χ1v) is 7.99. The highest BCUT2D eigenvalue weighted by atomic mass is 19.1. The van der Waals surface area contributed by atoms with E-state index in [9.17, 15) is 14.3 Å². The second-order valence-corrected chi connectivity index (χ2v) is 5.82. The first-order chi connectivity index (χ1) is 12.4. The van der Waals surface area contributed by atoms with Gasteiger partial charge in [0, 0.05) is 7.05 Å². The number of carboxylic acid groups (broad SMARTS) is 1. The predicted octanol–water partition coefficient (Wildman–Crippen LogP) is 5.01. The third-order valence-corrected chi connectivity index (χ3v) is 3.42. The number of aliphatic carboxylic acids is 1. The molecule has 0 amide bonds. The summed E-state index contributed by atoms with van der Waals surface area (Å²) in [5.41, 5.74) is 2.36. The predicted molar refractivity (Wildman–Crippen MR) is 101 cm³/mol. The molecule has 4 nitrogen and oxygen atoms in total. The summed E-state index contributed by atoms with van der Waals surface area (Å²) in [7, 11) is 1.61. The van der Waals surface area contributed by atoms with E-state index in [0.717, 1.165) is 11.1 Å². The first-order valence-electron chi connectivity index (χ1n) is 7.99.